The topological polar surface area (TPSA) is 29.5 Å². The lowest BCUT2D eigenvalue weighted by Gasteiger charge is -2.44. The van der Waals surface area contributed by atoms with Crippen molar-refractivity contribution in [2.75, 3.05) is 7.05 Å². The molecule has 22 heavy (non-hydrogen) atoms. The van der Waals surface area contributed by atoms with Crippen LogP contribution < -0.4 is 0 Å². The average Bonchev–Trinajstić information content (AvgIpc) is 2.50. The van der Waals surface area contributed by atoms with Crippen LogP contribution in [0.4, 0.5) is 0 Å². The molecule has 0 spiro atoms. The fourth-order valence-corrected chi connectivity index (χ4v) is 3.14. The molecule has 1 heterocycles. The lowest BCUT2D eigenvalue weighted by molar-refractivity contribution is -0.173. The van der Waals surface area contributed by atoms with Crippen molar-refractivity contribution in [2.24, 2.45) is 0 Å². The van der Waals surface area contributed by atoms with E-state index in [4.69, 9.17) is 4.74 Å². The summed E-state index contributed by atoms with van der Waals surface area (Å²) in [4.78, 5) is 13.9. The first-order valence-electron chi connectivity index (χ1n) is 7.56. The predicted octanol–water partition coefficient (Wildman–Crippen LogP) is 3.40. The smallest absolute Gasteiger partial charge is 0.254 e. The number of hydrogen-bond donors (Lipinski definition) is 0. The van der Waals surface area contributed by atoms with Crippen molar-refractivity contribution in [3.8, 4) is 0 Å². The average molecular weight is 295 g/mol. The van der Waals surface area contributed by atoms with Crippen molar-refractivity contribution >= 4 is 5.91 Å². The number of aryl methyl sites for hydroxylation is 2. The molecule has 0 aliphatic carbocycles. The van der Waals surface area contributed by atoms with Crippen LogP contribution in [0.5, 0.6) is 0 Å². The number of nitrogens with zero attached hydrogens (tertiary/aromatic N) is 1. The van der Waals surface area contributed by atoms with Gasteiger partial charge in [-0.3, -0.25) is 4.79 Å². The zero-order valence-electron chi connectivity index (χ0n) is 13.2. The Morgan fingerprint density at radius 3 is 2.32 bits per heavy atom. The first kappa shape index (κ1) is 14.8. The molecule has 2 atom stereocenters. The van der Waals surface area contributed by atoms with Crippen molar-refractivity contribution in [3.05, 3.63) is 70.8 Å². The van der Waals surface area contributed by atoms with Gasteiger partial charge in [-0.2, -0.15) is 0 Å². The van der Waals surface area contributed by atoms with Gasteiger partial charge in [0.25, 0.3) is 5.91 Å². The molecule has 1 fully saturated rings. The van der Waals surface area contributed by atoms with Crippen molar-refractivity contribution < 1.29 is 9.53 Å². The zero-order chi connectivity index (χ0) is 15.7. The van der Waals surface area contributed by atoms with Crippen molar-refractivity contribution in [1.82, 2.24) is 4.90 Å². The second kappa shape index (κ2) is 5.93. The summed E-state index contributed by atoms with van der Waals surface area (Å²) < 4.78 is 5.93. The molecule has 114 valence electrons. The quantitative estimate of drug-likeness (QED) is 0.809. The molecule has 2 unspecified atom stereocenters. The maximum atomic E-state index is 12.1. The molecule has 0 N–H and O–H groups in total. The lowest BCUT2D eigenvalue weighted by Crippen LogP contribution is -2.57. The molecule has 2 aromatic rings. The molecule has 0 saturated carbocycles. The van der Waals surface area contributed by atoms with Gasteiger partial charge >= 0.3 is 0 Å². The summed E-state index contributed by atoms with van der Waals surface area (Å²) in [5.41, 5.74) is 4.67. The number of carbonyl (C=O) groups is 1. The molecule has 3 rings (SSSR count). The standard InChI is InChI=1S/C19H21NO2/c1-13-9-14(2)11-15(10-13)12-22-18-17(20(3)19(18)21)16-7-5-4-6-8-16/h4-11,17-18H,12H2,1-3H3. The second-order valence-electron chi connectivity index (χ2n) is 6.03. The highest BCUT2D eigenvalue weighted by Crippen LogP contribution is 2.35. The Bertz CT molecular complexity index is 661. The third-order valence-corrected chi connectivity index (χ3v) is 4.15. The van der Waals surface area contributed by atoms with Gasteiger partial charge in [0.05, 0.1) is 12.6 Å². The first-order chi connectivity index (χ1) is 10.6. The molecule has 1 aliphatic heterocycles. The fourth-order valence-electron chi connectivity index (χ4n) is 3.14. The summed E-state index contributed by atoms with van der Waals surface area (Å²) in [7, 11) is 1.83. The third kappa shape index (κ3) is 2.77. The summed E-state index contributed by atoms with van der Waals surface area (Å²) in [5, 5.41) is 0. The van der Waals surface area contributed by atoms with Crippen LogP contribution in [-0.4, -0.2) is 24.0 Å². The number of β-lactam (4-membered cyclic amide) rings is 1. The van der Waals surface area contributed by atoms with Gasteiger partial charge in [0.1, 0.15) is 0 Å². The Labute approximate surface area is 131 Å². The van der Waals surface area contributed by atoms with Crippen LogP contribution >= 0.6 is 0 Å². The molecular formula is C19H21NO2. The van der Waals surface area contributed by atoms with Gasteiger partial charge in [-0.1, -0.05) is 59.7 Å². The van der Waals surface area contributed by atoms with E-state index in [-0.39, 0.29) is 18.1 Å². The SMILES string of the molecule is Cc1cc(C)cc(COC2C(=O)N(C)C2c2ccccc2)c1. The van der Waals surface area contributed by atoms with Gasteiger partial charge in [-0.15, -0.1) is 0 Å². The van der Waals surface area contributed by atoms with Gasteiger partial charge < -0.3 is 9.64 Å². The van der Waals surface area contributed by atoms with Crippen molar-refractivity contribution in [3.63, 3.8) is 0 Å². The van der Waals surface area contributed by atoms with E-state index in [2.05, 4.69) is 32.0 Å². The molecule has 0 aromatic heterocycles. The largest absolute Gasteiger partial charge is 0.361 e. The van der Waals surface area contributed by atoms with Crippen LogP contribution in [0.1, 0.15) is 28.3 Å². The van der Waals surface area contributed by atoms with E-state index in [1.165, 1.54) is 11.1 Å². The maximum Gasteiger partial charge on any atom is 0.254 e. The van der Waals surface area contributed by atoms with Gasteiger partial charge in [0.2, 0.25) is 0 Å². The zero-order valence-corrected chi connectivity index (χ0v) is 13.2. The van der Waals surface area contributed by atoms with Crippen LogP contribution in [0.3, 0.4) is 0 Å². The summed E-state index contributed by atoms with van der Waals surface area (Å²) >= 11 is 0. The Morgan fingerprint density at radius 1 is 1.05 bits per heavy atom. The number of amides is 1. The number of likely N-dealkylation sites (N-methyl/N-ethyl adjacent to an activating group) is 1. The number of ether oxygens (including phenoxy) is 1. The highest BCUT2D eigenvalue weighted by molar-refractivity contribution is 5.88. The van der Waals surface area contributed by atoms with Gasteiger partial charge in [-0.05, 0) is 25.0 Å². The molecule has 3 heteroatoms. The molecule has 0 radical (unpaired) electrons. The summed E-state index contributed by atoms with van der Waals surface area (Å²) in [5.74, 6) is 0.0539. The summed E-state index contributed by atoms with van der Waals surface area (Å²) in [6, 6.07) is 16.4. The van der Waals surface area contributed by atoms with E-state index in [0.717, 1.165) is 11.1 Å². The fraction of sp³-hybridized carbons (Fsp3) is 0.316. The van der Waals surface area contributed by atoms with Crippen LogP contribution in [0.15, 0.2) is 48.5 Å². The van der Waals surface area contributed by atoms with Gasteiger partial charge in [-0.25, -0.2) is 0 Å². The Balaban J connectivity index is 1.72. The number of carbonyl (C=O) groups excluding carboxylic acids is 1. The number of rotatable bonds is 4. The van der Waals surface area contributed by atoms with Crippen LogP contribution in [-0.2, 0) is 16.1 Å². The molecule has 2 aromatic carbocycles. The number of likely N-dealkylation sites (tertiary alicyclic amines) is 1. The second-order valence-corrected chi connectivity index (χ2v) is 6.03. The predicted molar refractivity (Wildman–Crippen MR) is 86.4 cm³/mol. The third-order valence-electron chi connectivity index (χ3n) is 4.15. The van der Waals surface area contributed by atoms with Crippen molar-refractivity contribution in [1.29, 1.82) is 0 Å². The molecule has 0 bridgehead atoms. The van der Waals surface area contributed by atoms with Gasteiger partial charge in [0.15, 0.2) is 6.10 Å². The lowest BCUT2D eigenvalue weighted by atomic mass is 9.91. The van der Waals surface area contributed by atoms with E-state index in [0.29, 0.717) is 6.61 Å². The van der Waals surface area contributed by atoms with E-state index in [1.807, 2.05) is 37.4 Å². The monoisotopic (exact) mass is 295 g/mol. The summed E-state index contributed by atoms with van der Waals surface area (Å²) in [6.07, 6.45) is -0.381. The minimum Gasteiger partial charge on any atom is -0.361 e. The Kier molecular flexibility index (Phi) is 3.99. The van der Waals surface area contributed by atoms with Crippen LogP contribution in [0.2, 0.25) is 0 Å². The molecule has 1 aliphatic rings. The molecular weight excluding hydrogens is 274 g/mol. The molecule has 1 amide bonds. The maximum absolute atomic E-state index is 12.1. The normalized spacial score (nSPS) is 20.9. The summed E-state index contributed by atoms with van der Waals surface area (Å²) in [6.45, 7) is 4.62. The molecule has 3 nitrogen and oxygen atoms in total. The van der Waals surface area contributed by atoms with Crippen LogP contribution in [0.25, 0.3) is 0 Å². The van der Waals surface area contributed by atoms with E-state index >= 15 is 0 Å². The van der Waals surface area contributed by atoms with Crippen LogP contribution in [0, 0.1) is 13.8 Å². The van der Waals surface area contributed by atoms with E-state index in [1.54, 1.807) is 4.90 Å². The highest BCUT2D eigenvalue weighted by atomic mass is 16.5. The van der Waals surface area contributed by atoms with Gasteiger partial charge in [0, 0.05) is 7.05 Å². The van der Waals surface area contributed by atoms with E-state index in [9.17, 15) is 4.79 Å². The number of hydrogen-bond acceptors (Lipinski definition) is 2. The number of benzene rings is 2. The highest BCUT2D eigenvalue weighted by Gasteiger charge is 2.46. The minimum atomic E-state index is -0.381. The molecule has 1 saturated heterocycles. The first-order valence-corrected chi connectivity index (χ1v) is 7.56. The van der Waals surface area contributed by atoms with Crippen molar-refractivity contribution in [2.45, 2.75) is 32.6 Å². The Hall–Kier alpha value is -2.13. The Morgan fingerprint density at radius 2 is 1.68 bits per heavy atom. The minimum absolute atomic E-state index is 0.0135. The van der Waals surface area contributed by atoms with E-state index < -0.39 is 0 Å².